The van der Waals surface area contributed by atoms with Crippen LogP contribution >= 0.6 is 0 Å². The Morgan fingerprint density at radius 1 is 1.02 bits per heavy atom. The Kier molecular flexibility index (Phi) is 5.74. The van der Waals surface area contributed by atoms with Crippen LogP contribution in [0.1, 0.15) is 33.2 Å². The molecule has 3 aliphatic heterocycles. The number of ether oxygens (including phenoxy) is 4. The maximum Gasteiger partial charge on any atom is 0.510 e. The summed E-state index contributed by atoms with van der Waals surface area (Å²) in [7, 11) is 1.17. The van der Waals surface area contributed by atoms with Crippen molar-refractivity contribution in [3.05, 3.63) is 99.6 Å². The first-order valence-electron chi connectivity index (χ1n) is 13.0. The lowest BCUT2D eigenvalue weighted by molar-refractivity contribution is -0.0208. The Hall–Kier alpha value is -4.77. The number of nitrogens with zero attached hydrogens (tertiary/aromatic N) is 4. The van der Waals surface area contributed by atoms with Gasteiger partial charge in [0.25, 0.3) is 5.91 Å². The second kappa shape index (κ2) is 9.45. The average molecular weight is 543 g/mol. The van der Waals surface area contributed by atoms with Crippen molar-refractivity contribution >= 4 is 23.0 Å². The molecule has 0 saturated carbocycles. The van der Waals surface area contributed by atoms with Crippen molar-refractivity contribution in [2.75, 3.05) is 38.7 Å². The molecule has 0 radical (unpaired) electrons. The summed E-state index contributed by atoms with van der Waals surface area (Å²) in [6.07, 6.45) is 2.28. The molecule has 2 aromatic heterocycles. The minimum Gasteiger partial charge on any atom is -0.451 e. The second-order valence-corrected chi connectivity index (χ2v) is 9.83. The zero-order valence-electron chi connectivity index (χ0n) is 21.7. The molecular weight excluding hydrogens is 516 g/mol. The largest absolute Gasteiger partial charge is 0.510 e. The van der Waals surface area contributed by atoms with Gasteiger partial charge in [-0.25, -0.2) is 4.79 Å². The molecule has 204 valence electrons. The van der Waals surface area contributed by atoms with Gasteiger partial charge in [0.1, 0.15) is 12.2 Å². The Morgan fingerprint density at radius 2 is 1.88 bits per heavy atom. The summed E-state index contributed by atoms with van der Waals surface area (Å²) in [5.41, 5.74) is 3.95. The molecule has 3 aliphatic rings. The van der Waals surface area contributed by atoms with E-state index in [0.29, 0.717) is 19.7 Å². The van der Waals surface area contributed by atoms with Crippen molar-refractivity contribution in [3.63, 3.8) is 0 Å². The molecule has 1 fully saturated rings. The van der Waals surface area contributed by atoms with Crippen molar-refractivity contribution < 1.29 is 28.5 Å². The fraction of sp³-hybridized carbons (Fsp3) is 0.276. The van der Waals surface area contributed by atoms with Gasteiger partial charge in [0.05, 0.1) is 25.8 Å². The summed E-state index contributed by atoms with van der Waals surface area (Å²) in [4.78, 5) is 40.2. The number of fused-ring (bicyclic) bond motifs is 3. The van der Waals surface area contributed by atoms with E-state index in [1.54, 1.807) is 15.8 Å². The fourth-order valence-corrected chi connectivity index (χ4v) is 6.08. The molecule has 2 aromatic carbocycles. The number of hydrogen-bond donors (Lipinski definition) is 0. The van der Waals surface area contributed by atoms with Crippen molar-refractivity contribution in [2.45, 2.75) is 18.8 Å². The molecule has 0 spiro atoms. The number of amides is 1. The van der Waals surface area contributed by atoms with Gasteiger partial charge in [-0.2, -0.15) is 0 Å². The first-order chi connectivity index (χ1) is 19.6. The van der Waals surface area contributed by atoms with Gasteiger partial charge < -0.3 is 28.4 Å². The minimum atomic E-state index is -0.961. The summed E-state index contributed by atoms with van der Waals surface area (Å²) in [5, 5.41) is 3.21. The minimum absolute atomic E-state index is 0.0587. The van der Waals surface area contributed by atoms with E-state index in [1.165, 1.54) is 13.2 Å². The SMILES string of the molecule is COC(=O)OCOc1c2n(ccc1=O)N([C@H]1c3ccccc3Cn3ccc4cccc1c43)[C@@H]1COCCN1C2=O. The average Bonchev–Trinajstić information content (AvgIpc) is 3.33. The third kappa shape index (κ3) is 3.65. The molecule has 2 atom stereocenters. The molecule has 0 unspecified atom stereocenters. The normalized spacial score (nSPS) is 19.4. The topological polar surface area (TPSA) is 104 Å². The fourth-order valence-electron chi connectivity index (χ4n) is 6.08. The second-order valence-electron chi connectivity index (χ2n) is 9.83. The monoisotopic (exact) mass is 542 g/mol. The van der Waals surface area contributed by atoms with E-state index in [4.69, 9.17) is 14.2 Å². The summed E-state index contributed by atoms with van der Waals surface area (Å²) in [6, 6.07) is 17.6. The summed E-state index contributed by atoms with van der Waals surface area (Å²) < 4.78 is 24.8. The van der Waals surface area contributed by atoms with E-state index in [9.17, 15) is 14.4 Å². The van der Waals surface area contributed by atoms with Crippen LogP contribution < -0.4 is 15.2 Å². The molecule has 5 heterocycles. The number of rotatable bonds is 4. The number of carbonyl (C=O) groups is 2. The Bertz CT molecular complexity index is 1710. The Balaban J connectivity index is 1.46. The van der Waals surface area contributed by atoms with Gasteiger partial charge in [-0.15, -0.1) is 0 Å². The summed E-state index contributed by atoms with van der Waals surface area (Å²) in [6.45, 7) is 1.11. The van der Waals surface area contributed by atoms with Gasteiger partial charge in [-0.1, -0.05) is 42.5 Å². The van der Waals surface area contributed by atoms with Crippen molar-refractivity contribution in [1.29, 1.82) is 0 Å². The van der Waals surface area contributed by atoms with E-state index >= 15 is 0 Å². The van der Waals surface area contributed by atoms with E-state index < -0.39 is 24.5 Å². The molecule has 1 saturated heterocycles. The van der Waals surface area contributed by atoms with E-state index in [1.807, 2.05) is 18.2 Å². The molecule has 0 N–H and O–H groups in total. The van der Waals surface area contributed by atoms with Gasteiger partial charge in [0.15, 0.2) is 5.69 Å². The summed E-state index contributed by atoms with van der Waals surface area (Å²) in [5.74, 6) is -0.561. The number of methoxy groups -OCH3 is 1. The first-order valence-corrected chi connectivity index (χ1v) is 13.0. The highest BCUT2D eigenvalue weighted by molar-refractivity contribution is 5.97. The number of morpholine rings is 1. The molecule has 11 nitrogen and oxygen atoms in total. The quantitative estimate of drug-likeness (QED) is 0.287. The zero-order chi connectivity index (χ0) is 27.4. The highest BCUT2D eigenvalue weighted by Gasteiger charge is 2.46. The number of carbonyl (C=O) groups excluding carboxylic acids is 2. The van der Waals surface area contributed by atoms with E-state index in [-0.39, 0.29) is 30.0 Å². The van der Waals surface area contributed by atoms with Crippen LogP contribution in [0.25, 0.3) is 10.9 Å². The predicted molar refractivity (Wildman–Crippen MR) is 143 cm³/mol. The van der Waals surface area contributed by atoms with Crippen LogP contribution in [0.5, 0.6) is 5.75 Å². The number of para-hydroxylation sites is 1. The van der Waals surface area contributed by atoms with Crippen LogP contribution in [0.2, 0.25) is 0 Å². The number of aromatic nitrogens is 2. The van der Waals surface area contributed by atoms with Crippen LogP contribution in [-0.4, -0.2) is 66.0 Å². The highest BCUT2D eigenvalue weighted by atomic mass is 16.8. The third-order valence-electron chi connectivity index (χ3n) is 7.77. The first kappa shape index (κ1) is 24.3. The maximum atomic E-state index is 13.9. The van der Waals surface area contributed by atoms with Crippen LogP contribution in [-0.2, 0) is 20.8 Å². The van der Waals surface area contributed by atoms with Crippen molar-refractivity contribution in [3.8, 4) is 5.75 Å². The Morgan fingerprint density at radius 3 is 2.75 bits per heavy atom. The molecule has 11 heteroatoms. The Labute approximate surface area is 228 Å². The standard InChI is InChI=1S/C29H26N4O7/c1-37-29(36)40-17-39-27-22(34)10-12-32-26(27)28(35)31-13-14-38-16-23(31)33(32)25-20-7-3-2-5-19(20)15-30-11-9-18-6-4-8-21(25)24(18)30/h2-12,23,25H,13-17H2,1H3/t23-,25+/m1/s1. The van der Waals surface area contributed by atoms with Crippen LogP contribution in [0.3, 0.4) is 0 Å². The van der Waals surface area contributed by atoms with Gasteiger partial charge in [0, 0.05) is 37.1 Å². The van der Waals surface area contributed by atoms with Gasteiger partial charge in [0.2, 0.25) is 18.0 Å². The smallest absolute Gasteiger partial charge is 0.451 e. The van der Waals surface area contributed by atoms with Gasteiger partial charge in [-0.05, 0) is 22.6 Å². The van der Waals surface area contributed by atoms with Crippen LogP contribution in [0.4, 0.5) is 4.79 Å². The molecule has 0 bridgehead atoms. The number of benzene rings is 2. The van der Waals surface area contributed by atoms with E-state index in [2.05, 4.69) is 50.8 Å². The zero-order valence-corrected chi connectivity index (χ0v) is 21.7. The van der Waals surface area contributed by atoms with Crippen molar-refractivity contribution in [1.82, 2.24) is 14.1 Å². The van der Waals surface area contributed by atoms with Gasteiger partial charge >= 0.3 is 6.16 Å². The maximum absolute atomic E-state index is 13.9. The lowest BCUT2D eigenvalue weighted by Crippen LogP contribution is -2.66. The van der Waals surface area contributed by atoms with Crippen LogP contribution in [0.15, 0.2) is 71.8 Å². The van der Waals surface area contributed by atoms with Crippen molar-refractivity contribution in [2.24, 2.45) is 0 Å². The lowest BCUT2D eigenvalue weighted by atomic mass is 9.93. The molecule has 7 rings (SSSR count). The van der Waals surface area contributed by atoms with E-state index in [0.717, 1.165) is 27.6 Å². The third-order valence-corrected chi connectivity index (χ3v) is 7.77. The molecule has 0 aliphatic carbocycles. The van der Waals surface area contributed by atoms with Gasteiger partial charge in [-0.3, -0.25) is 19.3 Å². The molecule has 4 aromatic rings. The molecule has 40 heavy (non-hydrogen) atoms. The van der Waals surface area contributed by atoms with Crippen LogP contribution in [0, 0.1) is 0 Å². The predicted octanol–water partition coefficient (Wildman–Crippen LogP) is 2.82. The summed E-state index contributed by atoms with van der Waals surface area (Å²) >= 11 is 0. The molecular formula is C29H26N4O7. The number of pyridine rings is 1. The highest BCUT2D eigenvalue weighted by Crippen LogP contribution is 2.41. The number of hydrogen-bond acceptors (Lipinski definition) is 8. The lowest BCUT2D eigenvalue weighted by Gasteiger charge is -2.51. The molecule has 1 amide bonds.